The zero-order valence-corrected chi connectivity index (χ0v) is 12.9. The van der Waals surface area contributed by atoms with Gasteiger partial charge in [0.25, 0.3) is 0 Å². The van der Waals surface area contributed by atoms with Gasteiger partial charge in [-0.25, -0.2) is 0 Å². The molecule has 3 atom stereocenters. The summed E-state index contributed by atoms with van der Waals surface area (Å²) in [5.41, 5.74) is 0. The van der Waals surface area contributed by atoms with Gasteiger partial charge < -0.3 is 10.0 Å². The van der Waals surface area contributed by atoms with Gasteiger partial charge >= 0.3 is 5.97 Å². The van der Waals surface area contributed by atoms with E-state index in [9.17, 15) is 9.90 Å². The first kappa shape index (κ1) is 16.4. The first-order valence-corrected chi connectivity index (χ1v) is 7.57. The molecule has 0 spiro atoms. The minimum absolute atomic E-state index is 0.176. The number of nitrogens with zero attached hydrogens (tertiary/aromatic N) is 2. The van der Waals surface area contributed by atoms with E-state index in [0.717, 1.165) is 45.3 Å². The van der Waals surface area contributed by atoms with Crippen molar-refractivity contribution in [1.29, 1.82) is 0 Å². The van der Waals surface area contributed by atoms with Gasteiger partial charge in [-0.3, -0.25) is 9.69 Å². The maximum Gasteiger partial charge on any atom is 0.308 e. The summed E-state index contributed by atoms with van der Waals surface area (Å²) in [7, 11) is 4.14. The number of likely N-dealkylation sites (N-methyl/N-ethyl adjacent to an activating group) is 1. The van der Waals surface area contributed by atoms with E-state index in [2.05, 4.69) is 37.7 Å². The summed E-state index contributed by atoms with van der Waals surface area (Å²) < 4.78 is 0. The van der Waals surface area contributed by atoms with Gasteiger partial charge in [-0.15, -0.1) is 0 Å². The molecule has 3 unspecified atom stereocenters. The van der Waals surface area contributed by atoms with Crippen molar-refractivity contribution in [2.24, 2.45) is 11.8 Å². The topological polar surface area (TPSA) is 43.8 Å². The average Bonchev–Trinajstić information content (AvgIpc) is 2.33. The quantitative estimate of drug-likeness (QED) is 0.770. The summed E-state index contributed by atoms with van der Waals surface area (Å²) in [5, 5.41) is 9.45. The molecule has 0 aliphatic heterocycles. The van der Waals surface area contributed by atoms with Gasteiger partial charge in [-0.05, 0) is 52.2 Å². The second kappa shape index (κ2) is 7.85. The molecule has 1 N–H and O–H groups in total. The van der Waals surface area contributed by atoms with Crippen LogP contribution in [0.4, 0.5) is 0 Å². The third-order valence-electron chi connectivity index (χ3n) is 4.21. The van der Waals surface area contributed by atoms with Gasteiger partial charge in [0, 0.05) is 19.1 Å². The van der Waals surface area contributed by atoms with Crippen LogP contribution in [-0.4, -0.2) is 60.6 Å². The van der Waals surface area contributed by atoms with E-state index in [1.807, 2.05) is 0 Å². The fourth-order valence-electron chi connectivity index (χ4n) is 3.10. The highest BCUT2D eigenvalue weighted by molar-refractivity contribution is 5.71. The number of carboxylic acids is 1. The molecule has 0 radical (unpaired) electrons. The van der Waals surface area contributed by atoms with Gasteiger partial charge in [0.05, 0.1) is 5.92 Å². The third-order valence-corrected chi connectivity index (χ3v) is 4.21. The Morgan fingerprint density at radius 1 is 1.21 bits per heavy atom. The number of carbonyl (C=O) groups is 1. The Morgan fingerprint density at radius 2 is 1.89 bits per heavy atom. The van der Waals surface area contributed by atoms with Crippen LogP contribution in [-0.2, 0) is 4.79 Å². The molecule has 0 heterocycles. The van der Waals surface area contributed by atoms with Crippen molar-refractivity contribution in [2.75, 3.05) is 33.7 Å². The van der Waals surface area contributed by atoms with Crippen molar-refractivity contribution in [1.82, 2.24) is 9.80 Å². The maximum atomic E-state index is 11.5. The van der Waals surface area contributed by atoms with Gasteiger partial charge in [0.15, 0.2) is 0 Å². The zero-order valence-electron chi connectivity index (χ0n) is 12.9. The van der Waals surface area contributed by atoms with E-state index in [0.29, 0.717) is 5.92 Å². The first-order valence-electron chi connectivity index (χ1n) is 7.57. The van der Waals surface area contributed by atoms with E-state index in [-0.39, 0.29) is 12.0 Å². The van der Waals surface area contributed by atoms with Crippen molar-refractivity contribution in [3.8, 4) is 0 Å². The SMILES string of the molecule is CCCN(CCN(C)C)C1CC(C)CCC1C(=O)O. The second-order valence-electron chi connectivity index (χ2n) is 6.27. The zero-order chi connectivity index (χ0) is 14.4. The number of hydrogen-bond donors (Lipinski definition) is 1. The molecule has 1 rings (SSSR count). The fraction of sp³-hybridized carbons (Fsp3) is 0.933. The van der Waals surface area contributed by atoms with Crippen LogP contribution in [0.3, 0.4) is 0 Å². The first-order chi connectivity index (χ1) is 8.95. The number of carboxylic acid groups (broad SMARTS) is 1. The monoisotopic (exact) mass is 270 g/mol. The third kappa shape index (κ3) is 5.11. The normalized spacial score (nSPS) is 28.0. The van der Waals surface area contributed by atoms with Crippen LogP contribution in [0.1, 0.15) is 39.5 Å². The van der Waals surface area contributed by atoms with Crippen LogP contribution in [0.15, 0.2) is 0 Å². The lowest BCUT2D eigenvalue weighted by atomic mass is 9.78. The maximum absolute atomic E-state index is 11.5. The summed E-state index contributed by atoms with van der Waals surface area (Å²) >= 11 is 0. The van der Waals surface area contributed by atoms with Crippen molar-refractivity contribution in [2.45, 2.75) is 45.6 Å². The molecule has 19 heavy (non-hydrogen) atoms. The van der Waals surface area contributed by atoms with E-state index in [1.165, 1.54) is 0 Å². The van der Waals surface area contributed by atoms with Crippen LogP contribution in [0.5, 0.6) is 0 Å². The lowest BCUT2D eigenvalue weighted by Gasteiger charge is -2.40. The fourth-order valence-corrected chi connectivity index (χ4v) is 3.10. The van der Waals surface area contributed by atoms with E-state index < -0.39 is 5.97 Å². The molecule has 1 saturated carbocycles. The Morgan fingerprint density at radius 3 is 2.42 bits per heavy atom. The highest BCUT2D eigenvalue weighted by Crippen LogP contribution is 2.32. The molecule has 0 amide bonds. The van der Waals surface area contributed by atoms with Gasteiger partial charge in [-0.2, -0.15) is 0 Å². The summed E-state index contributed by atoms with van der Waals surface area (Å²) in [5.74, 6) is -0.132. The average molecular weight is 270 g/mol. The van der Waals surface area contributed by atoms with Crippen LogP contribution in [0, 0.1) is 11.8 Å². The standard InChI is InChI=1S/C15H30N2O2/c1-5-8-17(10-9-16(3)4)14-11-12(2)6-7-13(14)15(18)19/h12-14H,5-11H2,1-4H3,(H,18,19). The smallest absolute Gasteiger partial charge is 0.308 e. The van der Waals surface area contributed by atoms with Gasteiger partial charge in [0.1, 0.15) is 0 Å². The lowest BCUT2D eigenvalue weighted by Crippen LogP contribution is -2.49. The predicted octanol–water partition coefficient (Wildman–Crippen LogP) is 2.15. The molecule has 112 valence electrons. The molecule has 0 aromatic heterocycles. The molecule has 1 aliphatic rings. The summed E-state index contributed by atoms with van der Waals surface area (Å²) in [4.78, 5) is 16.1. The van der Waals surface area contributed by atoms with Crippen molar-refractivity contribution < 1.29 is 9.90 Å². The molecule has 1 aliphatic carbocycles. The van der Waals surface area contributed by atoms with Crippen LogP contribution in [0.2, 0.25) is 0 Å². The Bertz CT molecular complexity index is 281. The molecule has 4 nitrogen and oxygen atoms in total. The van der Waals surface area contributed by atoms with Crippen LogP contribution < -0.4 is 0 Å². The lowest BCUT2D eigenvalue weighted by molar-refractivity contribution is -0.146. The Hall–Kier alpha value is -0.610. The second-order valence-corrected chi connectivity index (χ2v) is 6.27. The van der Waals surface area contributed by atoms with Crippen molar-refractivity contribution >= 4 is 5.97 Å². The van der Waals surface area contributed by atoms with Crippen LogP contribution >= 0.6 is 0 Å². The van der Waals surface area contributed by atoms with Crippen LogP contribution in [0.25, 0.3) is 0 Å². The number of rotatable bonds is 7. The largest absolute Gasteiger partial charge is 0.481 e. The highest BCUT2D eigenvalue weighted by atomic mass is 16.4. The minimum Gasteiger partial charge on any atom is -0.481 e. The molecule has 0 bridgehead atoms. The van der Waals surface area contributed by atoms with Gasteiger partial charge in [0.2, 0.25) is 0 Å². The summed E-state index contributed by atoms with van der Waals surface area (Å²) in [6.45, 7) is 7.40. The molecule has 0 aromatic rings. The van der Waals surface area contributed by atoms with Crippen molar-refractivity contribution in [3.05, 3.63) is 0 Å². The molecule has 1 fully saturated rings. The van der Waals surface area contributed by atoms with Crippen molar-refractivity contribution in [3.63, 3.8) is 0 Å². The predicted molar refractivity (Wildman–Crippen MR) is 78.3 cm³/mol. The number of aliphatic carboxylic acids is 1. The molecule has 0 aromatic carbocycles. The molecule has 4 heteroatoms. The Kier molecular flexibility index (Phi) is 6.80. The molecule has 0 saturated heterocycles. The molecular weight excluding hydrogens is 240 g/mol. The van der Waals surface area contributed by atoms with E-state index >= 15 is 0 Å². The summed E-state index contributed by atoms with van der Waals surface area (Å²) in [6, 6.07) is 0.223. The Labute approximate surface area is 117 Å². The molecular formula is C15H30N2O2. The Balaban J connectivity index is 2.73. The van der Waals surface area contributed by atoms with E-state index in [1.54, 1.807) is 0 Å². The summed E-state index contributed by atoms with van der Waals surface area (Å²) in [6.07, 6.45) is 4.01. The van der Waals surface area contributed by atoms with Gasteiger partial charge in [-0.1, -0.05) is 13.8 Å². The minimum atomic E-state index is -0.608. The van der Waals surface area contributed by atoms with E-state index in [4.69, 9.17) is 0 Å². The number of hydrogen-bond acceptors (Lipinski definition) is 3. The highest BCUT2D eigenvalue weighted by Gasteiger charge is 2.36.